The van der Waals surface area contributed by atoms with Gasteiger partial charge in [-0.2, -0.15) is 0 Å². The molecular formula is C9H12ClNOS. The van der Waals surface area contributed by atoms with E-state index in [0.717, 1.165) is 18.4 Å². The number of nitrogens with zero attached hydrogens (tertiary/aromatic N) is 1. The highest BCUT2D eigenvalue weighted by atomic mass is 35.5. The highest BCUT2D eigenvalue weighted by Gasteiger charge is 2.23. The topological polar surface area (TPSA) is 30.0 Å². The van der Waals surface area contributed by atoms with Gasteiger partial charge in [-0.3, -0.25) is 0 Å². The van der Waals surface area contributed by atoms with Crippen molar-refractivity contribution in [2.45, 2.75) is 26.7 Å². The summed E-state index contributed by atoms with van der Waals surface area (Å²) in [5.41, 5.74) is 2.22. The first-order chi connectivity index (χ1) is 6.11. The van der Waals surface area contributed by atoms with Gasteiger partial charge in [-0.25, -0.2) is 4.98 Å². The summed E-state index contributed by atoms with van der Waals surface area (Å²) in [5.74, 6) is 0. The summed E-state index contributed by atoms with van der Waals surface area (Å²) in [6.45, 7) is 3.92. The van der Waals surface area contributed by atoms with Crippen LogP contribution in [0.2, 0.25) is 4.34 Å². The summed E-state index contributed by atoms with van der Waals surface area (Å²) < 4.78 is 0.696. The first-order valence-electron chi connectivity index (χ1n) is 4.15. The molecule has 0 aliphatic heterocycles. The lowest BCUT2D eigenvalue weighted by Gasteiger charge is -2.19. The first-order valence-corrected chi connectivity index (χ1v) is 5.41. The molecule has 0 aromatic carbocycles. The van der Waals surface area contributed by atoms with Gasteiger partial charge in [-0.15, -0.1) is 11.3 Å². The lowest BCUT2D eigenvalue weighted by Crippen LogP contribution is -2.20. The van der Waals surface area contributed by atoms with Gasteiger partial charge in [-0.1, -0.05) is 25.4 Å². The molecular weight excluding hydrogens is 206 g/mol. The number of aldehydes is 1. The smallest absolute Gasteiger partial charge is 0.126 e. The zero-order valence-electron chi connectivity index (χ0n) is 7.71. The van der Waals surface area contributed by atoms with Gasteiger partial charge < -0.3 is 4.79 Å². The van der Waals surface area contributed by atoms with Crippen molar-refractivity contribution in [3.8, 4) is 0 Å². The molecule has 0 fully saturated rings. The van der Waals surface area contributed by atoms with Crippen molar-refractivity contribution in [3.05, 3.63) is 15.5 Å². The minimum Gasteiger partial charge on any atom is -0.303 e. The summed E-state index contributed by atoms with van der Waals surface area (Å²) in [7, 11) is 0. The molecule has 0 spiro atoms. The lowest BCUT2D eigenvalue weighted by atomic mass is 9.85. The lowest BCUT2D eigenvalue weighted by molar-refractivity contribution is -0.115. The Kier molecular flexibility index (Phi) is 3.45. The van der Waals surface area contributed by atoms with E-state index < -0.39 is 0 Å². The SMILES string of the molecule is CCC(C)(C=O)Cc1ncsc1Cl. The zero-order valence-corrected chi connectivity index (χ0v) is 9.28. The Bertz CT molecular complexity index is 300. The van der Waals surface area contributed by atoms with E-state index in [4.69, 9.17) is 11.6 Å². The molecule has 0 aliphatic rings. The summed E-state index contributed by atoms with van der Waals surface area (Å²) in [6.07, 6.45) is 2.43. The minimum absolute atomic E-state index is 0.322. The number of hydrogen-bond acceptors (Lipinski definition) is 3. The van der Waals surface area contributed by atoms with Crippen LogP contribution >= 0.6 is 22.9 Å². The molecule has 2 nitrogen and oxygen atoms in total. The van der Waals surface area contributed by atoms with E-state index >= 15 is 0 Å². The second kappa shape index (κ2) is 4.20. The fourth-order valence-electron chi connectivity index (χ4n) is 1.00. The normalized spacial score (nSPS) is 15.3. The number of carbonyl (C=O) groups excluding carboxylic acids is 1. The molecule has 0 aliphatic carbocycles. The summed E-state index contributed by atoms with van der Waals surface area (Å²) >= 11 is 7.30. The van der Waals surface area contributed by atoms with Crippen LogP contribution in [0.15, 0.2) is 5.51 Å². The van der Waals surface area contributed by atoms with Crippen molar-refractivity contribution >= 4 is 29.2 Å². The van der Waals surface area contributed by atoms with Crippen molar-refractivity contribution in [3.63, 3.8) is 0 Å². The van der Waals surface area contributed by atoms with E-state index in [1.54, 1.807) is 5.51 Å². The maximum Gasteiger partial charge on any atom is 0.126 e. The maximum atomic E-state index is 10.8. The van der Waals surface area contributed by atoms with Crippen molar-refractivity contribution in [1.82, 2.24) is 4.98 Å². The van der Waals surface area contributed by atoms with Crippen molar-refractivity contribution in [1.29, 1.82) is 0 Å². The molecule has 13 heavy (non-hydrogen) atoms. The average molecular weight is 218 g/mol. The molecule has 1 atom stereocenters. The molecule has 0 amide bonds. The van der Waals surface area contributed by atoms with Crippen molar-refractivity contribution < 1.29 is 4.79 Å². The number of halogens is 1. The fraction of sp³-hybridized carbons (Fsp3) is 0.556. The highest BCUT2D eigenvalue weighted by Crippen LogP contribution is 2.28. The molecule has 1 aromatic rings. The molecule has 0 saturated heterocycles. The Morgan fingerprint density at radius 3 is 2.85 bits per heavy atom. The van der Waals surface area contributed by atoms with Gasteiger partial charge in [0.1, 0.15) is 10.6 Å². The molecule has 0 bridgehead atoms. The van der Waals surface area contributed by atoms with Crippen LogP contribution in [0, 0.1) is 5.41 Å². The molecule has 1 unspecified atom stereocenters. The predicted molar refractivity (Wildman–Crippen MR) is 55.3 cm³/mol. The van der Waals surface area contributed by atoms with Gasteiger partial charge in [0.2, 0.25) is 0 Å². The van der Waals surface area contributed by atoms with E-state index in [9.17, 15) is 4.79 Å². The third kappa shape index (κ3) is 2.51. The second-order valence-corrected chi connectivity index (χ2v) is 4.83. The third-order valence-corrected chi connectivity index (χ3v) is 3.39. The van der Waals surface area contributed by atoms with E-state index in [1.807, 2.05) is 13.8 Å². The van der Waals surface area contributed by atoms with Gasteiger partial charge >= 0.3 is 0 Å². The number of aromatic nitrogens is 1. The Balaban J connectivity index is 2.78. The molecule has 0 saturated carbocycles. The van der Waals surface area contributed by atoms with Crippen LogP contribution in [0.4, 0.5) is 0 Å². The molecule has 0 N–H and O–H groups in total. The monoisotopic (exact) mass is 217 g/mol. The van der Waals surface area contributed by atoms with Gasteiger partial charge in [-0.05, 0) is 6.42 Å². The van der Waals surface area contributed by atoms with Crippen LogP contribution < -0.4 is 0 Å². The summed E-state index contributed by atoms with van der Waals surface area (Å²) in [6, 6.07) is 0. The number of hydrogen-bond donors (Lipinski definition) is 0. The van der Waals surface area contributed by atoms with E-state index in [2.05, 4.69) is 4.98 Å². The van der Waals surface area contributed by atoms with E-state index in [1.165, 1.54) is 11.3 Å². The van der Waals surface area contributed by atoms with Crippen molar-refractivity contribution in [2.75, 3.05) is 0 Å². The standard InChI is InChI=1S/C9H12ClNOS/c1-3-9(2,5-12)4-7-8(10)13-6-11-7/h5-6H,3-4H2,1-2H3. The van der Waals surface area contributed by atoms with Crippen LogP contribution in [0.25, 0.3) is 0 Å². The summed E-state index contributed by atoms with van der Waals surface area (Å²) in [5, 5.41) is 0. The number of rotatable bonds is 4. The summed E-state index contributed by atoms with van der Waals surface area (Å²) in [4.78, 5) is 15.0. The van der Waals surface area contributed by atoms with Crippen molar-refractivity contribution in [2.24, 2.45) is 5.41 Å². The quantitative estimate of drug-likeness (QED) is 0.726. The van der Waals surface area contributed by atoms with Gasteiger partial charge in [0.15, 0.2) is 0 Å². The van der Waals surface area contributed by atoms with Crippen LogP contribution in [0.1, 0.15) is 26.0 Å². The van der Waals surface area contributed by atoms with Gasteiger partial charge in [0, 0.05) is 11.8 Å². The Morgan fingerprint density at radius 2 is 2.46 bits per heavy atom. The highest BCUT2D eigenvalue weighted by molar-refractivity contribution is 7.14. The molecule has 1 heterocycles. The van der Waals surface area contributed by atoms with Gasteiger partial charge in [0.25, 0.3) is 0 Å². The molecule has 0 radical (unpaired) electrons. The molecule has 1 aromatic heterocycles. The fourth-order valence-corrected chi connectivity index (χ4v) is 1.77. The largest absolute Gasteiger partial charge is 0.303 e. The van der Waals surface area contributed by atoms with Gasteiger partial charge in [0.05, 0.1) is 11.2 Å². The first kappa shape index (κ1) is 10.7. The minimum atomic E-state index is -0.322. The average Bonchev–Trinajstić information content (AvgIpc) is 2.52. The molecule has 1 rings (SSSR count). The number of thiazole rings is 1. The maximum absolute atomic E-state index is 10.8. The van der Waals surface area contributed by atoms with Crippen LogP contribution in [-0.4, -0.2) is 11.3 Å². The number of carbonyl (C=O) groups is 1. The Labute approximate surface area is 86.9 Å². The Morgan fingerprint density at radius 1 is 1.77 bits per heavy atom. The second-order valence-electron chi connectivity index (χ2n) is 3.37. The zero-order chi connectivity index (χ0) is 9.90. The molecule has 4 heteroatoms. The third-order valence-electron chi connectivity index (χ3n) is 2.26. The van der Waals surface area contributed by atoms with Crippen LogP contribution in [0.5, 0.6) is 0 Å². The van der Waals surface area contributed by atoms with Crippen LogP contribution in [-0.2, 0) is 11.2 Å². The van der Waals surface area contributed by atoms with E-state index in [-0.39, 0.29) is 5.41 Å². The van der Waals surface area contributed by atoms with Crippen LogP contribution in [0.3, 0.4) is 0 Å². The molecule has 72 valence electrons. The van der Waals surface area contributed by atoms with E-state index in [0.29, 0.717) is 10.8 Å². The predicted octanol–water partition coefficient (Wildman–Crippen LogP) is 2.95. The Hall–Kier alpha value is -0.410.